The molecule has 2 fully saturated rings. The van der Waals surface area contributed by atoms with Gasteiger partial charge in [-0.2, -0.15) is 0 Å². The number of anilines is 1. The summed E-state index contributed by atoms with van der Waals surface area (Å²) in [6.45, 7) is 0. The second-order valence-electron chi connectivity index (χ2n) is 7.14. The highest BCUT2D eigenvalue weighted by Crippen LogP contribution is 2.28. The number of carbonyl (C=O) groups excluding carboxylic acids is 2. The van der Waals surface area contributed by atoms with Crippen molar-refractivity contribution < 1.29 is 14.0 Å². The minimum Gasteiger partial charge on any atom is -0.459 e. The van der Waals surface area contributed by atoms with E-state index in [9.17, 15) is 9.59 Å². The molecule has 2 unspecified atom stereocenters. The van der Waals surface area contributed by atoms with Crippen LogP contribution in [0, 0.1) is 0 Å². The number of nitrogens with one attached hydrogen (secondary N) is 2. The third kappa shape index (κ3) is 4.01. The van der Waals surface area contributed by atoms with E-state index in [0.29, 0.717) is 23.3 Å². The lowest BCUT2D eigenvalue weighted by Gasteiger charge is -2.30. The highest BCUT2D eigenvalue weighted by atomic mass is 35.5. The zero-order valence-electron chi connectivity index (χ0n) is 15.2. The van der Waals surface area contributed by atoms with Crippen LogP contribution in [0.3, 0.4) is 0 Å². The van der Waals surface area contributed by atoms with Crippen LogP contribution in [0.1, 0.15) is 46.6 Å². The van der Waals surface area contributed by atoms with Crippen molar-refractivity contribution in [2.75, 3.05) is 11.9 Å². The smallest absolute Gasteiger partial charge is 0.293 e. The van der Waals surface area contributed by atoms with Crippen LogP contribution in [-0.2, 0) is 0 Å². The molecule has 1 aromatic heterocycles. The average molecular weight is 390 g/mol. The summed E-state index contributed by atoms with van der Waals surface area (Å²) in [5.74, 6) is -0.168. The Kier molecular flexibility index (Phi) is 5.87. The lowest BCUT2D eigenvalue weighted by atomic mass is 9.99. The van der Waals surface area contributed by atoms with Crippen molar-refractivity contribution >= 4 is 29.9 Å². The minimum atomic E-state index is -0.282. The van der Waals surface area contributed by atoms with Crippen molar-refractivity contribution in [1.29, 1.82) is 0 Å². The van der Waals surface area contributed by atoms with Gasteiger partial charge in [-0.3, -0.25) is 9.59 Å². The summed E-state index contributed by atoms with van der Waals surface area (Å²) in [5, 5.41) is 6.74. The number of rotatable bonds is 4. The van der Waals surface area contributed by atoms with E-state index in [1.165, 1.54) is 24.0 Å². The summed E-state index contributed by atoms with van der Waals surface area (Å²) in [5.41, 5.74) is 1.07. The molecule has 2 aliphatic heterocycles. The summed E-state index contributed by atoms with van der Waals surface area (Å²) in [4.78, 5) is 26.9. The van der Waals surface area contributed by atoms with E-state index >= 15 is 0 Å². The van der Waals surface area contributed by atoms with Crippen molar-refractivity contribution in [2.45, 2.75) is 43.8 Å². The Morgan fingerprint density at radius 2 is 1.81 bits per heavy atom. The summed E-state index contributed by atoms with van der Waals surface area (Å²) < 4.78 is 5.19. The summed E-state index contributed by atoms with van der Waals surface area (Å²) in [7, 11) is 1.65. The molecule has 0 saturated carbocycles. The molecule has 27 heavy (non-hydrogen) atoms. The number of hydrogen-bond donors (Lipinski definition) is 2. The number of hydrogen-bond acceptors (Lipinski definition) is 4. The second kappa shape index (κ2) is 8.15. The fourth-order valence-electron chi connectivity index (χ4n) is 4.07. The van der Waals surface area contributed by atoms with E-state index in [0.717, 1.165) is 12.8 Å². The van der Waals surface area contributed by atoms with Gasteiger partial charge in [0.2, 0.25) is 0 Å². The van der Waals surface area contributed by atoms with Gasteiger partial charge < -0.3 is 20.0 Å². The second-order valence-corrected chi connectivity index (χ2v) is 7.14. The normalized spacial score (nSPS) is 23.4. The van der Waals surface area contributed by atoms with Crippen LogP contribution < -0.4 is 15.5 Å². The predicted octanol–water partition coefficient (Wildman–Crippen LogP) is 2.99. The zero-order valence-corrected chi connectivity index (χ0v) is 16.0. The Balaban J connectivity index is 0.00000210. The number of halogens is 1. The third-order valence-corrected chi connectivity index (χ3v) is 5.35. The van der Waals surface area contributed by atoms with Gasteiger partial charge in [0.1, 0.15) is 0 Å². The molecule has 4 rings (SSSR count). The first-order valence-electron chi connectivity index (χ1n) is 9.09. The molecule has 2 amide bonds. The Hall–Kier alpha value is -2.31. The number of nitrogens with zero attached hydrogens (tertiary/aromatic N) is 1. The molecule has 7 heteroatoms. The van der Waals surface area contributed by atoms with Gasteiger partial charge in [0.05, 0.1) is 17.5 Å². The predicted molar refractivity (Wildman–Crippen MR) is 106 cm³/mol. The first-order chi connectivity index (χ1) is 12.6. The van der Waals surface area contributed by atoms with Gasteiger partial charge in [0, 0.05) is 25.2 Å². The fraction of sp³-hybridized carbons (Fsp3) is 0.400. The molecule has 2 aliphatic rings. The van der Waals surface area contributed by atoms with Gasteiger partial charge in [0.15, 0.2) is 5.76 Å². The Labute approximate surface area is 164 Å². The molecular weight excluding hydrogens is 366 g/mol. The maximum Gasteiger partial charge on any atom is 0.293 e. The van der Waals surface area contributed by atoms with E-state index in [-0.39, 0.29) is 36.0 Å². The van der Waals surface area contributed by atoms with Gasteiger partial charge in [-0.15, -0.1) is 12.4 Å². The Morgan fingerprint density at radius 3 is 2.48 bits per heavy atom. The van der Waals surface area contributed by atoms with Crippen LogP contribution in [-0.4, -0.2) is 37.0 Å². The lowest BCUT2D eigenvalue weighted by molar-refractivity contribution is 0.0924. The molecule has 0 radical (unpaired) electrons. The van der Waals surface area contributed by atoms with Crippen molar-refractivity contribution in [3.8, 4) is 0 Å². The van der Waals surface area contributed by atoms with E-state index in [1.54, 1.807) is 31.3 Å². The topological polar surface area (TPSA) is 74.6 Å². The van der Waals surface area contributed by atoms with Gasteiger partial charge in [-0.1, -0.05) is 12.1 Å². The van der Waals surface area contributed by atoms with E-state index in [4.69, 9.17) is 4.42 Å². The van der Waals surface area contributed by atoms with Crippen LogP contribution in [0.4, 0.5) is 5.69 Å². The standard InChI is InChI=1S/C20H23N3O3.ClH/c1-23(20(25)18-7-4-10-26-18)17-6-3-2-5-16(17)19(24)22-15-11-13-8-9-14(12-15)21-13;/h2-7,10,13-15,21H,8-9,11-12H2,1H3,(H,22,24);1H. The number of fused-ring (bicyclic) bond motifs is 2. The lowest BCUT2D eigenvalue weighted by Crippen LogP contribution is -2.48. The van der Waals surface area contributed by atoms with Crippen LogP contribution in [0.25, 0.3) is 0 Å². The van der Waals surface area contributed by atoms with Crippen molar-refractivity contribution in [3.05, 3.63) is 54.0 Å². The maximum atomic E-state index is 12.9. The summed E-state index contributed by atoms with van der Waals surface area (Å²) in [6.07, 6.45) is 5.77. The number of furan rings is 1. The summed E-state index contributed by atoms with van der Waals surface area (Å²) in [6, 6.07) is 11.7. The third-order valence-electron chi connectivity index (χ3n) is 5.35. The number of piperidine rings is 1. The molecule has 2 N–H and O–H groups in total. The van der Waals surface area contributed by atoms with Crippen LogP contribution >= 0.6 is 12.4 Å². The van der Waals surface area contributed by atoms with Gasteiger partial charge in [-0.05, 0) is 49.9 Å². The Morgan fingerprint density at radius 1 is 1.11 bits per heavy atom. The molecule has 2 atom stereocenters. The molecule has 144 valence electrons. The molecule has 2 aromatic rings. The van der Waals surface area contributed by atoms with E-state index in [2.05, 4.69) is 10.6 Å². The van der Waals surface area contributed by atoms with Crippen LogP contribution in [0.5, 0.6) is 0 Å². The van der Waals surface area contributed by atoms with E-state index in [1.807, 2.05) is 12.1 Å². The highest BCUT2D eigenvalue weighted by molar-refractivity contribution is 6.09. The zero-order chi connectivity index (χ0) is 18.1. The molecule has 0 aliphatic carbocycles. The fourth-order valence-corrected chi connectivity index (χ4v) is 4.07. The molecule has 1 aromatic carbocycles. The van der Waals surface area contributed by atoms with Crippen molar-refractivity contribution in [2.24, 2.45) is 0 Å². The largest absolute Gasteiger partial charge is 0.459 e. The number of para-hydroxylation sites is 1. The molecule has 0 spiro atoms. The maximum absolute atomic E-state index is 12.9. The highest BCUT2D eigenvalue weighted by Gasteiger charge is 2.34. The first kappa shape index (κ1) is 19.5. The van der Waals surface area contributed by atoms with Crippen molar-refractivity contribution in [1.82, 2.24) is 10.6 Å². The van der Waals surface area contributed by atoms with Gasteiger partial charge in [-0.25, -0.2) is 0 Å². The van der Waals surface area contributed by atoms with Gasteiger partial charge >= 0.3 is 0 Å². The quantitative estimate of drug-likeness (QED) is 0.843. The van der Waals surface area contributed by atoms with E-state index < -0.39 is 0 Å². The van der Waals surface area contributed by atoms with Gasteiger partial charge in [0.25, 0.3) is 11.8 Å². The van der Waals surface area contributed by atoms with Crippen molar-refractivity contribution in [3.63, 3.8) is 0 Å². The molecular formula is C20H24ClN3O3. The number of amides is 2. The number of benzene rings is 1. The first-order valence-corrected chi connectivity index (χ1v) is 9.09. The summed E-state index contributed by atoms with van der Waals surface area (Å²) >= 11 is 0. The Bertz CT molecular complexity index is 797. The molecule has 6 nitrogen and oxygen atoms in total. The van der Waals surface area contributed by atoms with Crippen LogP contribution in [0.15, 0.2) is 47.1 Å². The average Bonchev–Trinajstić information content (AvgIpc) is 3.30. The van der Waals surface area contributed by atoms with Crippen LogP contribution in [0.2, 0.25) is 0 Å². The minimum absolute atomic E-state index is 0. The monoisotopic (exact) mass is 389 g/mol. The SMILES string of the molecule is CN(C(=O)c1ccco1)c1ccccc1C(=O)NC1CC2CCC(C1)N2.Cl. The molecule has 2 saturated heterocycles. The molecule has 2 bridgehead atoms. The molecule has 3 heterocycles. The number of carbonyl (C=O) groups is 2.